The number of nitrogens with one attached hydrogen (secondary N) is 1. The van der Waals surface area contributed by atoms with Crippen molar-refractivity contribution >= 4 is 12.2 Å². The van der Waals surface area contributed by atoms with Crippen LogP contribution in [0.2, 0.25) is 0 Å². The van der Waals surface area contributed by atoms with Crippen molar-refractivity contribution < 1.29 is 4.74 Å². The first-order valence-electron chi connectivity index (χ1n) is 3.14. The summed E-state index contributed by atoms with van der Waals surface area (Å²) < 4.78 is 5.95. The van der Waals surface area contributed by atoms with Crippen LogP contribution in [0.5, 0.6) is 5.75 Å². The van der Waals surface area contributed by atoms with Gasteiger partial charge in [0, 0.05) is 12.4 Å². The summed E-state index contributed by atoms with van der Waals surface area (Å²) in [4.78, 5) is 2.89. The van der Waals surface area contributed by atoms with Crippen LogP contribution in [0.15, 0.2) is 18.5 Å². The van der Waals surface area contributed by atoms with Gasteiger partial charge in [0.25, 0.3) is 0 Å². The predicted molar refractivity (Wildman–Crippen MR) is 42.8 cm³/mol. The monoisotopic (exact) mass is 155 g/mol. The molecule has 0 radical (unpaired) electrons. The summed E-state index contributed by atoms with van der Waals surface area (Å²) in [5, 5.41) is 0. The highest BCUT2D eigenvalue weighted by atomic mass is 32.1. The SMILES string of the molecule is CCOc1c[nH]ccc1=S. The van der Waals surface area contributed by atoms with E-state index < -0.39 is 0 Å². The maximum atomic E-state index is 5.20. The number of ether oxygens (including phenoxy) is 1. The molecule has 0 bridgehead atoms. The number of aromatic amines is 1. The zero-order chi connectivity index (χ0) is 7.40. The normalized spacial score (nSPS) is 9.30. The average molecular weight is 155 g/mol. The molecule has 1 aromatic heterocycles. The van der Waals surface area contributed by atoms with E-state index in [9.17, 15) is 0 Å². The van der Waals surface area contributed by atoms with Crippen LogP contribution in [0.3, 0.4) is 0 Å². The van der Waals surface area contributed by atoms with Crippen LogP contribution in [0, 0.1) is 4.51 Å². The Kier molecular flexibility index (Phi) is 2.45. The third-order valence-electron chi connectivity index (χ3n) is 1.09. The Labute approximate surface area is 64.9 Å². The van der Waals surface area contributed by atoms with Gasteiger partial charge < -0.3 is 9.72 Å². The van der Waals surface area contributed by atoms with Gasteiger partial charge in [0.1, 0.15) is 0 Å². The van der Waals surface area contributed by atoms with Crippen molar-refractivity contribution in [2.75, 3.05) is 6.61 Å². The molecule has 0 aliphatic carbocycles. The van der Waals surface area contributed by atoms with Crippen molar-refractivity contribution in [3.8, 4) is 5.75 Å². The highest BCUT2D eigenvalue weighted by molar-refractivity contribution is 7.71. The van der Waals surface area contributed by atoms with Gasteiger partial charge in [-0.25, -0.2) is 0 Å². The molecule has 0 unspecified atom stereocenters. The summed E-state index contributed by atoms with van der Waals surface area (Å²) in [6.45, 7) is 2.59. The summed E-state index contributed by atoms with van der Waals surface area (Å²) in [5.41, 5.74) is 0. The fraction of sp³-hybridized carbons (Fsp3) is 0.286. The molecule has 0 saturated carbocycles. The molecule has 0 saturated heterocycles. The fourth-order valence-electron chi connectivity index (χ4n) is 0.669. The van der Waals surface area contributed by atoms with Crippen molar-refractivity contribution in [2.24, 2.45) is 0 Å². The van der Waals surface area contributed by atoms with Crippen LogP contribution in [-0.2, 0) is 0 Å². The van der Waals surface area contributed by atoms with Gasteiger partial charge in [-0.2, -0.15) is 0 Å². The predicted octanol–water partition coefficient (Wildman–Crippen LogP) is 2.14. The maximum Gasteiger partial charge on any atom is 0.153 e. The standard InChI is InChI=1S/C7H9NOS/c1-2-9-6-5-8-4-3-7(6)10/h3-5H,2H2,1H3,(H,8,10). The average Bonchev–Trinajstić information content (AvgIpc) is 1.94. The van der Waals surface area contributed by atoms with Crippen LogP contribution in [0.25, 0.3) is 0 Å². The second-order valence-electron chi connectivity index (χ2n) is 1.81. The Bertz CT molecular complexity index is 256. The van der Waals surface area contributed by atoms with Crippen molar-refractivity contribution in [1.82, 2.24) is 4.98 Å². The van der Waals surface area contributed by atoms with Gasteiger partial charge in [0.15, 0.2) is 5.75 Å². The van der Waals surface area contributed by atoms with Crippen molar-refractivity contribution in [2.45, 2.75) is 6.92 Å². The Morgan fingerprint density at radius 1 is 1.70 bits per heavy atom. The smallest absolute Gasteiger partial charge is 0.153 e. The van der Waals surface area contributed by atoms with Crippen LogP contribution in [0.1, 0.15) is 6.92 Å². The largest absolute Gasteiger partial charge is 0.491 e. The van der Waals surface area contributed by atoms with Crippen molar-refractivity contribution in [3.63, 3.8) is 0 Å². The summed E-state index contributed by atoms with van der Waals surface area (Å²) in [7, 11) is 0. The van der Waals surface area contributed by atoms with Gasteiger partial charge in [0.2, 0.25) is 0 Å². The highest BCUT2D eigenvalue weighted by Crippen LogP contribution is 2.09. The molecule has 0 spiro atoms. The Balaban J connectivity index is 2.92. The zero-order valence-electron chi connectivity index (χ0n) is 5.76. The van der Waals surface area contributed by atoms with Gasteiger partial charge >= 0.3 is 0 Å². The summed E-state index contributed by atoms with van der Waals surface area (Å²) in [6.07, 6.45) is 3.54. The lowest BCUT2D eigenvalue weighted by Gasteiger charge is -2.00. The minimum Gasteiger partial charge on any atom is -0.491 e. The molecular weight excluding hydrogens is 146 g/mol. The maximum absolute atomic E-state index is 5.20. The number of hydrogen-bond donors (Lipinski definition) is 1. The van der Waals surface area contributed by atoms with Crippen LogP contribution in [-0.4, -0.2) is 11.6 Å². The molecule has 0 aromatic carbocycles. The Hall–Kier alpha value is -0.830. The molecule has 1 aromatic rings. The molecule has 0 atom stereocenters. The molecule has 1 N–H and O–H groups in total. The second-order valence-corrected chi connectivity index (χ2v) is 2.25. The first-order valence-corrected chi connectivity index (χ1v) is 3.55. The summed E-state index contributed by atoms with van der Waals surface area (Å²) >= 11 is 4.97. The zero-order valence-corrected chi connectivity index (χ0v) is 6.57. The molecule has 0 aliphatic heterocycles. The van der Waals surface area contributed by atoms with Crippen molar-refractivity contribution in [3.05, 3.63) is 23.0 Å². The van der Waals surface area contributed by atoms with Gasteiger partial charge in [-0.15, -0.1) is 0 Å². The lowest BCUT2D eigenvalue weighted by atomic mass is 10.5. The van der Waals surface area contributed by atoms with E-state index >= 15 is 0 Å². The number of aromatic nitrogens is 1. The van der Waals surface area contributed by atoms with E-state index in [0.717, 1.165) is 10.3 Å². The molecular formula is C7H9NOS. The first-order chi connectivity index (χ1) is 4.84. The lowest BCUT2D eigenvalue weighted by Crippen LogP contribution is -1.91. The molecule has 10 heavy (non-hydrogen) atoms. The molecule has 2 nitrogen and oxygen atoms in total. The van der Waals surface area contributed by atoms with Crippen LogP contribution < -0.4 is 4.74 Å². The van der Waals surface area contributed by atoms with Gasteiger partial charge in [0.05, 0.1) is 11.1 Å². The van der Waals surface area contributed by atoms with E-state index in [-0.39, 0.29) is 0 Å². The first kappa shape index (κ1) is 7.28. The number of hydrogen-bond acceptors (Lipinski definition) is 2. The molecule has 0 aliphatic rings. The Morgan fingerprint density at radius 2 is 2.50 bits per heavy atom. The van der Waals surface area contributed by atoms with E-state index in [0.29, 0.717) is 6.61 Å². The lowest BCUT2D eigenvalue weighted by molar-refractivity contribution is 0.337. The highest BCUT2D eigenvalue weighted by Gasteiger charge is 1.90. The molecule has 54 valence electrons. The summed E-state index contributed by atoms with van der Waals surface area (Å²) in [5.74, 6) is 0.750. The minimum absolute atomic E-state index is 0.654. The third kappa shape index (κ3) is 1.57. The van der Waals surface area contributed by atoms with Crippen LogP contribution in [0.4, 0.5) is 0 Å². The van der Waals surface area contributed by atoms with Crippen molar-refractivity contribution in [1.29, 1.82) is 0 Å². The van der Waals surface area contributed by atoms with Crippen LogP contribution >= 0.6 is 12.2 Å². The number of H-pyrrole nitrogens is 1. The van der Waals surface area contributed by atoms with E-state index in [1.165, 1.54) is 0 Å². The molecule has 1 rings (SSSR count). The van der Waals surface area contributed by atoms with Gasteiger partial charge in [-0.05, 0) is 13.0 Å². The number of rotatable bonds is 2. The van der Waals surface area contributed by atoms with E-state index in [2.05, 4.69) is 4.98 Å². The molecule has 0 fully saturated rings. The summed E-state index contributed by atoms with van der Waals surface area (Å²) in [6, 6.07) is 1.81. The van der Waals surface area contributed by atoms with Gasteiger partial charge in [-0.3, -0.25) is 0 Å². The third-order valence-corrected chi connectivity index (χ3v) is 1.43. The molecule has 1 heterocycles. The molecule has 0 amide bonds. The second kappa shape index (κ2) is 3.37. The molecule has 3 heteroatoms. The van der Waals surface area contributed by atoms with E-state index in [1.807, 2.05) is 6.92 Å². The van der Waals surface area contributed by atoms with E-state index in [4.69, 9.17) is 17.0 Å². The topological polar surface area (TPSA) is 25.0 Å². The fourth-order valence-corrected chi connectivity index (χ4v) is 0.855. The van der Waals surface area contributed by atoms with E-state index in [1.54, 1.807) is 18.5 Å². The quantitative estimate of drug-likeness (QED) is 0.662. The van der Waals surface area contributed by atoms with Gasteiger partial charge in [-0.1, -0.05) is 12.2 Å². The number of pyridine rings is 1. The minimum atomic E-state index is 0.654. The Morgan fingerprint density at radius 3 is 3.10 bits per heavy atom.